The molecule has 7 heteroatoms. The third-order valence-electron chi connectivity index (χ3n) is 3.01. The van der Waals surface area contributed by atoms with Crippen LogP contribution < -0.4 is 16.0 Å². The first-order valence-corrected chi connectivity index (χ1v) is 8.21. The van der Waals surface area contributed by atoms with Crippen molar-refractivity contribution in [2.45, 2.75) is 39.7 Å². The Kier molecular flexibility index (Phi) is 7.91. The zero-order valence-electron chi connectivity index (χ0n) is 15.3. The Morgan fingerprint density at radius 3 is 2.24 bits per heavy atom. The van der Waals surface area contributed by atoms with E-state index < -0.39 is 11.7 Å². The quantitative estimate of drug-likeness (QED) is 0.646. The van der Waals surface area contributed by atoms with Crippen LogP contribution in [-0.2, 0) is 20.7 Å². The van der Waals surface area contributed by atoms with E-state index in [-0.39, 0.29) is 24.9 Å². The Labute approximate surface area is 148 Å². The van der Waals surface area contributed by atoms with Gasteiger partial charge < -0.3 is 20.7 Å². The minimum absolute atomic E-state index is 0.105. The van der Waals surface area contributed by atoms with E-state index in [1.807, 2.05) is 31.2 Å². The van der Waals surface area contributed by atoms with E-state index in [9.17, 15) is 14.4 Å². The summed E-state index contributed by atoms with van der Waals surface area (Å²) in [4.78, 5) is 34.8. The maximum Gasteiger partial charge on any atom is 0.408 e. The van der Waals surface area contributed by atoms with Gasteiger partial charge in [0.1, 0.15) is 5.60 Å². The van der Waals surface area contributed by atoms with Gasteiger partial charge in [-0.1, -0.05) is 29.8 Å². The van der Waals surface area contributed by atoms with Crippen molar-refractivity contribution in [1.82, 2.24) is 16.0 Å². The highest BCUT2D eigenvalue weighted by Gasteiger charge is 2.16. The highest BCUT2D eigenvalue weighted by molar-refractivity contribution is 5.82. The van der Waals surface area contributed by atoms with Crippen LogP contribution in [0.25, 0.3) is 0 Å². The molecular weight excluding hydrogens is 322 g/mol. The van der Waals surface area contributed by atoms with Crippen molar-refractivity contribution in [3.63, 3.8) is 0 Å². The van der Waals surface area contributed by atoms with Gasteiger partial charge in [0.05, 0.1) is 13.0 Å². The van der Waals surface area contributed by atoms with E-state index in [2.05, 4.69) is 16.0 Å². The number of nitrogens with one attached hydrogen (secondary N) is 3. The molecule has 1 aromatic rings. The summed E-state index contributed by atoms with van der Waals surface area (Å²) >= 11 is 0. The average molecular weight is 349 g/mol. The van der Waals surface area contributed by atoms with Crippen LogP contribution in [0.1, 0.15) is 31.9 Å². The number of carbonyl (C=O) groups excluding carboxylic acids is 3. The summed E-state index contributed by atoms with van der Waals surface area (Å²) in [6.45, 7) is 7.63. The van der Waals surface area contributed by atoms with Gasteiger partial charge in [0, 0.05) is 13.1 Å². The number of hydrogen-bond donors (Lipinski definition) is 3. The lowest BCUT2D eigenvalue weighted by molar-refractivity contribution is -0.122. The molecule has 0 bridgehead atoms. The predicted molar refractivity (Wildman–Crippen MR) is 95.1 cm³/mol. The Balaban J connectivity index is 2.15. The summed E-state index contributed by atoms with van der Waals surface area (Å²) in [5.41, 5.74) is 1.44. The molecular formula is C18H27N3O4. The fourth-order valence-corrected chi connectivity index (χ4v) is 2.00. The van der Waals surface area contributed by atoms with Gasteiger partial charge in [0.15, 0.2) is 0 Å². The summed E-state index contributed by atoms with van der Waals surface area (Å²) < 4.78 is 5.02. The molecule has 1 aromatic carbocycles. The van der Waals surface area contributed by atoms with Crippen molar-refractivity contribution in [3.8, 4) is 0 Å². The first-order valence-electron chi connectivity index (χ1n) is 8.21. The van der Waals surface area contributed by atoms with Gasteiger partial charge >= 0.3 is 6.09 Å². The lowest BCUT2D eigenvalue weighted by atomic mass is 10.1. The van der Waals surface area contributed by atoms with Gasteiger partial charge in [-0.25, -0.2) is 4.79 Å². The first-order chi connectivity index (χ1) is 11.7. The molecule has 25 heavy (non-hydrogen) atoms. The zero-order chi connectivity index (χ0) is 18.9. The Morgan fingerprint density at radius 2 is 1.64 bits per heavy atom. The standard InChI is InChI=1S/C18H27N3O4/c1-13-6-5-7-14(10-13)11-15(22)19-8-9-20-16(23)12-21-17(24)25-18(2,3)4/h5-7,10H,8-9,11-12H2,1-4H3,(H,19,22)(H,20,23)(H,21,24). The molecule has 3 amide bonds. The number of benzene rings is 1. The monoisotopic (exact) mass is 349 g/mol. The molecule has 0 unspecified atom stereocenters. The third-order valence-corrected chi connectivity index (χ3v) is 3.01. The van der Waals surface area contributed by atoms with E-state index in [0.717, 1.165) is 11.1 Å². The lowest BCUT2D eigenvalue weighted by Crippen LogP contribution is -2.42. The molecule has 1 rings (SSSR count). The van der Waals surface area contributed by atoms with Gasteiger partial charge in [-0.2, -0.15) is 0 Å². The summed E-state index contributed by atoms with van der Waals surface area (Å²) in [6, 6.07) is 7.75. The molecule has 0 heterocycles. The van der Waals surface area contributed by atoms with Gasteiger partial charge in [0.2, 0.25) is 11.8 Å². The van der Waals surface area contributed by atoms with Crippen LogP contribution in [-0.4, -0.2) is 43.1 Å². The molecule has 0 saturated carbocycles. The van der Waals surface area contributed by atoms with Crippen LogP contribution in [0.5, 0.6) is 0 Å². The third kappa shape index (κ3) is 10.0. The van der Waals surface area contributed by atoms with Gasteiger partial charge in [-0.15, -0.1) is 0 Å². The van der Waals surface area contributed by atoms with Crippen LogP contribution in [0.15, 0.2) is 24.3 Å². The molecule has 0 saturated heterocycles. The van der Waals surface area contributed by atoms with Crippen molar-refractivity contribution in [1.29, 1.82) is 0 Å². The van der Waals surface area contributed by atoms with Crippen molar-refractivity contribution in [2.24, 2.45) is 0 Å². The van der Waals surface area contributed by atoms with Crippen molar-refractivity contribution >= 4 is 17.9 Å². The number of aryl methyl sites for hydroxylation is 1. The fraction of sp³-hybridized carbons (Fsp3) is 0.500. The predicted octanol–water partition coefficient (Wildman–Crippen LogP) is 1.29. The molecule has 0 aliphatic heterocycles. The number of amides is 3. The number of rotatable bonds is 7. The van der Waals surface area contributed by atoms with Crippen LogP contribution in [0.3, 0.4) is 0 Å². The van der Waals surface area contributed by atoms with E-state index in [1.165, 1.54) is 0 Å². The largest absolute Gasteiger partial charge is 0.444 e. The maximum atomic E-state index is 11.8. The second kappa shape index (κ2) is 9.66. The van der Waals surface area contributed by atoms with Crippen LogP contribution >= 0.6 is 0 Å². The molecule has 0 aromatic heterocycles. The lowest BCUT2D eigenvalue weighted by Gasteiger charge is -2.19. The van der Waals surface area contributed by atoms with Crippen molar-refractivity contribution in [2.75, 3.05) is 19.6 Å². The summed E-state index contributed by atoms with van der Waals surface area (Å²) in [5, 5.41) is 7.71. The van der Waals surface area contributed by atoms with Gasteiger partial charge in [-0.05, 0) is 33.3 Å². The van der Waals surface area contributed by atoms with Crippen LogP contribution in [0.4, 0.5) is 4.79 Å². The van der Waals surface area contributed by atoms with Crippen LogP contribution in [0, 0.1) is 6.92 Å². The Morgan fingerprint density at radius 1 is 1.00 bits per heavy atom. The summed E-state index contributed by atoms with van der Waals surface area (Å²) in [6.07, 6.45) is -0.343. The molecule has 138 valence electrons. The van der Waals surface area contributed by atoms with Crippen molar-refractivity contribution in [3.05, 3.63) is 35.4 Å². The number of carbonyl (C=O) groups is 3. The van der Waals surface area contributed by atoms with Crippen LogP contribution in [0.2, 0.25) is 0 Å². The number of hydrogen-bond acceptors (Lipinski definition) is 4. The number of alkyl carbamates (subject to hydrolysis) is 1. The van der Waals surface area contributed by atoms with E-state index >= 15 is 0 Å². The Hall–Kier alpha value is -2.57. The minimum Gasteiger partial charge on any atom is -0.444 e. The average Bonchev–Trinajstić information content (AvgIpc) is 2.48. The summed E-state index contributed by atoms with van der Waals surface area (Å²) in [5.74, 6) is -0.453. The maximum absolute atomic E-state index is 11.8. The molecule has 0 radical (unpaired) electrons. The fourth-order valence-electron chi connectivity index (χ4n) is 2.00. The summed E-state index contributed by atoms with van der Waals surface area (Å²) in [7, 11) is 0. The second-order valence-electron chi connectivity index (χ2n) is 6.72. The van der Waals surface area contributed by atoms with E-state index in [0.29, 0.717) is 13.0 Å². The topological polar surface area (TPSA) is 96.5 Å². The smallest absolute Gasteiger partial charge is 0.408 e. The molecule has 0 spiro atoms. The molecule has 7 nitrogen and oxygen atoms in total. The second-order valence-corrected chi connectivity index (χ2v) is 6.72. The Bertz CT molecular complexity index is 609. The molecule has 3 N–H and O–H groups in total. The first kappa shape index (κ1) is 20.5. The van der Waals surface area contributed by atoms with Gasteiger partial charge in [0.25, 0.3) is 0 Å². The molecule has 0 aliphatic carbocycles. The molecule has 0 fully saturated rings. The normalized spacial score (nSPS) is 10.7. The van der Waals surface area contributed by atoms with Crippen molar-refractivity contribution < 1.29 is 19.1 Å². The zero-order valence-corrected chi connectivity index (χ0v) is 15.3. The molecule has 0 atom stereocenters. The highest BCUT2D eigenvalue weighted by Crippen LogP contribution is 2.06. The van der Waals surface area contributed by atoms with E-state index in [4.69, 9.17) is 4.74 Å². The highest BCUT2D eigenvalue weighted by atomic mass is 16.6. The number of ether oxygens (including phenoxy) is 1. The minimum atomic E-state index is -0.644. The SMILES string of the molecule is Cc1cccc(CC(=O)NCCNC(=O)CNC(=O)OC(C)(C)C)c1. The molecule has 0 aliphatic rings. The van der Waals surface area contributed by atoms with Gasteiger partial charge in [-0.3, -0.25) is 9.59 Å². The van der Waals surface area contributed by atoms with E-state index in [1.54, 1.807) is 20.8 Å².